The van der Waals surface area contributed by atoms with Crippen LogP contribution in [0.25, 0.3) is 0 Å². The standard InChI is InChI=1S/C13H18O2S/c1-3-4-8-12(2)11-16(14,15)13-9-6-5-7-10-13/h5-7,9-11H,3-4,8H2,1-2H3/b12-11-/i11D. The van der Waals surface area contributed by atoms with Crippen LogP contribution in [0.3, 0.4) is 0 Å². The quantitative estimate of drug-likeness (QED) is 0.787. The van der Waals surface area contributed by atoms with Gasteiger partial charge in [0.05, 0.1) is 6.27 Å². The highest BCUT2D eigenvalue weighted by atomic mass is 32.2. The van der Waals surface area contributed by atoms with Gasteiger partial charge in [-0.25, -0.2) is 8.42 Å². The summed E-state index contributed by atoms with van der Waals surface area (Å²) in [5, 5.41) is -0.253. The van der Waals surface area contributed by atoms with Gasteiger partial charge in [-0.1, -0.05) is 37.1 Å². The van der Waals surface area contributed by atoms with E-state index in [1.807, 2.05) is 6.92 Å². The zero-order chi connectivity index (χ0) is 12.9. The maximum absolute atomic E-state index is 12.1. The third kappa shape index (κ3) is 3.81. The van der Waals surface area contributed by atoms with E-state index >= 15 is 0 Å². The Hall–Kier alpha value is -1.09. The van der Waals surface area contributed by atoms with Crippen molar-refractivity contribution in [3.05, 3.63) is 41.3 Å². The molecule has 0 spiro atoms. The topological polar surface area (TPSA) is 34.1 Å². The van der Waals surface area contributed by atoms with Crippen molar-refractivity contribution in [3.63, 3.8) is 0 Å². The Bertz CT molecular complexity index is 489. The number of allylic oxidation sites excluding steroid dienone is 1. The molecule has 0 unspecified atom stereocenters. The van der Waals surface area contributed by atoms with Crippen LogP contribution >= 0.6 is 0 Å². The Kier molecular flexibility index (Phi) is 4.17. The molecule has 1 aromatic rings. The van der Waals surface area contributed by atoms with Crippen molar-refractivity contribution in [1.29, 1.82) is 0 Å². The summed E-state index contributed by atoms with van der Waals surface area (Å²) in [6.07, 6.45) is 2.58. The zero-order valence-electron chi connectivity index (χ0n) is 10.7. The van der Waals surface area contributed by atoms with Gasteiger partial charge in [-0.2, -0.15) is 0 Å². The third-order valence-corrected chi connectivity index (χ3v) is 3.78. The molecule has 0 aliphatic rings. The van der Waals surface area contributed by atoms with E-state index < -0.39 is 9.84 Å². The molecule has 16 heavy (non-hydrogen) atoms. The normalized spacial score (nSPS) is 14.2. The minimum atomic E-state index is -3.62. The molecule has 0 saturated heterocycles. The molecule has 2 nitrogen and oxygen atoms in total. The third-order valence-electron chi connectivity index (χ3n) is 2.27. The number of hydrogen-bond acceptors (Lipinski definition) is 2. The minimum absolute atomic E-state index is 0.195. The van der Waals surface area contributed by atoms with E-state index in [1.165, 1.54) is 12.1 Å². The number of rotatable bonds is 5. The fourth-order valence-corrected chi connectivity index (χ4v) is 2.58. The molecule has 3 heteroatoms. The van der Waals surface area contributed by atoms with E-state index in [-0.39, 0.29) is 10.3 Å². The Labute approximate surface area is 99.3 Å². The first kappa shape index (κ1) is 11.4. The summed E-state index contributed by atoms with van der Waals surface area (Å²) in [6.45, 7) is 3.76. The molecule has 0 saturated carbocycles. The van der Waals surface area contributed by atoms with Crippen LogP contribution in [0.4, 0.5) is 0 Å². The maximum Gasteiger partial charge on any atom is 0.199 e. The predicted octanol–water partition coefficient (Wildman–Crippen LogP) is 3.55. The van der Waals surface area contributed by atoms with Crippen LogP contribution in [0.5, 0.6) is 0 Å². The first-order valence-electron chi connectivity index (χ1n) is 5.96. The van der Waals surface area contributed by atoms with Crippen molar-refractivity contribution in [2.24, 2.45) is 0 Å². The monoisotopic (exact) mass is 239 g/mol. The van der Waals surface area contributed by atoms with E-state index in [4.69, 9.17) is 1.37 Å². The molecule has 1 rings (SSSR count). The molecule has 1 aromatic carbocycles. The van der Waals surface area contributed by atoms with Crippen molar-refractivity contribution < 1.29 is 9.79 Å². The number of sulfone groups is 1. The van der Waals surface area contributed by atoms with Crippen LogP contribution in [-0.4, -0.2) is 8.42 Å². The Morgan fingerprint density at radius 2 is 2.00 bits per heavy atom. The number of hydrogen-bond donors (Lipinski definition) is 0. The summed E-state index contributed by atoms with van der Waals surface area (Å²) < 4.78 is 32.0. The van der Waals surface area contributed by atoms with Gasteiger partial charge in [-0.15, -0.1) is 0 Å². The second kappa shape index (κ2) is 5.85. The smallest absolute Gasteiger partial charge is 0.199 e. The number of benzene rings is 1. The van der Waals surface area contributed by atoms with Gasteiger partial charge in [0.15, 0.2) is 9.84 Å². The van der Waals surface area contributed by atoms with Crippen LogP contribution in [0.1, 0.15) is 34.5 Å². The van der Waals surface area contributed by atoms with Crippen molar-refractivity contribution >= 4 is 9.84 Å². The van der Waals surface area contributed by atoms with Crippen LogP contribution in [0, 0.1) is 0 Å². The molecule has 0 atom stereocenters. The molecular formula is C13H18O2S. The molecule has 0 aliphatic carbocycles. The lowest BCUT2D eigenvalue weighted by Gasteiger charge is -2.02. The molecular weight excluding hydrogens is 220 g/mol. The molecule has 0 amide bonds. The average molecular weight is 239 g/mol. The first-order valence-corrected chi connectivity index (χ1v) is 6.95. The van der Waals surface area contributed by atoms with E-state index in [0.717, 1.165) is 12.8 Å². The summed E-state index contributed by atoms with van der Waals surface area (Å²) in [4.78, 5) is 0.195. The molecule has 0 N–H and O–H groups in total. The lowest BCUT2D eigenvalue weighted by Crippen LogP contribution is -1.97. The Morgan fingerprint density at radius 1 is 1.38 bits per heavy atom. The number of unbranched alkanes of at least 4 members (excludes halogenated alkanes) is 1. The maximum atomic E-state index is 12.1. The molecule has 0 bridgehead atoms. The summed E-state index contributed by atoms with van der Waals surface area (Å²) in [5.74, 6) is 0. The van der Waals surface area contributed by atoms with Crippen LogP contribution < -0.4 is 0 Å². The van der Waals surface area contributed by atoms with Gasteiger partial charge in [-0.05, 0) is 31.9 Å². The van der Waals surface area contributed by atoms with Crippen LogP contribution in [0.15, 0.2) is 46.2 Å². The predicted molar refractivity (Wildman–Crippen MR) is 66.9 cm³/mol. The van der Waals surface area contributed by atoms with Crippen molar-refractivity contribution in [2.75, 3.05) is 0 Å². The van der Waals surface area contributed by atoms with Crippen LogP contribution in [-0.2, 0) is 9.84 Å². The summed E-state index contributed by atoms with van der Waals surface area (Å²) in [7, 11) is -3.62. The van der Waals surface area contributed by atoms with Gasteiger partial charge >= 0.3 is 0 Å². The SMILES string of the molecule is [2H]/C(=C(\C)CCCC)S(=O)(=O)c1ccccc1. The van der Waals surface area contributed by atoms with Gasteiger partial charge in [-0.3, -0.25) is 0 Å². The van der Waals surface area contributed by atoms with E-state index in [0.29, 0.717) is 12.0 Å². The summed E-state index contributed by atoms with van der Waals surface area (Å²) in [5.41, 5.74) is 0.635. The lowest BCUT2D eigenvalue weighted by atomic mass is 10.2. The second-order valence-electron chi connectivity index (χ2n) is 3.80. The van der Waals surface area contributed by atoms with E-state index in [1.54, 1.807) is 25.1 Å². The molecule has 88 valence electrons. The highest BCUT2D eigenvalue weighted by Crippen LogP contribution is 2.15. The highest BCUT2D eigenvalue weighted by molar-refractivity contribution is 7.94. The summed E-state index contributed by atoms with van der Waals surface area (Å²) in [6, 6.07) is 8.15. The van der Waals surface area contributed by atoms with Gasteiger partial charge in [0.1, 0.15) is 0 Å². The van der Waals surface area contributed by atoms with Crippen molar-refractivity contribution in [1.82, 2.24) is 0 Å². The molecule has 0 aromatic heterocycles. The zero-order valence-corrected chi connectivity index (χ0v) is 10.5. The van der Waals surface area contributed by atoms with Crippen molar-refractivity contribution in [3.8, 4) is 0 Å². The second-order valence-corrected chi connectivity index (χ2v) is 5.48. The fourth-order valence-electron chi connectivity index (χ4n) is 1.38. The fraction of sp³-hybridized carbons (Fsp3) is 0.385. The minimum Gasteiger partial charge on any atom is -0.219 e. The summed E-state index contributed by atoms with van der Waals surface area (Å²) >= 11 is 0. The van der Waals surface area contributed by atoms with E-state index in [9.17, 15) is 8.42 Å². The van der Waals surface area contributed by atoms with Gasteiger partial charge in [0, 0.05) is 5.38 Å². The molecule has 0 radical (unpaired) electrons. The largest absolute Gasteiger partial charge is 0.219 e. The van der Waals surface area contributed by atoms with E-state index in [2.05, 4.69) is 0 Å². The lowest BCUT2D eigenvalue weighted by molar-refractivity contribution is 0.604. The first-order chi connectivity index (χ1) is 8.00. The van der Waals surface area contributed by atoms with Crippen LogP contribution in [0.2, 0.25) is 0 Å². The van der Waals surface area contributed by atoms with Crippen molar-refractivity contribution in [2.45, 2.75) is 38.0 Å². The molecule has 0 aliphatic heterocycles. The Balaban J connectivity index is 3.07. The Morgan fingerprint density at radius 3 is 2.56 bits per heavy atom. The highest BCUT2D eigenvalue weighted by Gasteiger charge is 2.10. The van der Waals surface area contributed by atoms with Gasteiger partial charge < -0.3 is 0 Å². The van der Waals surface area contributed by atoms with Gasteiger partial charge in [0.2, 0.25) is 0 Å². The average Bonchev–Trinajstić information content (AvgIpc) is 2.36. The van der Waals surface area contributed by atoms with Gasteiger partial charge in [0.25, 0.3) is 0 Å². The molecule has 0 fully saturated rings. The molecule has 0 heterocycles.